The third-order valence-corrected chi connectivity index (χ3v) is 8.41. The van der Waals surface area contributed by atoms with Crippen molar-refractivity contribution in [3.63, 3.8) is 0 Å². The van der Waals surface area contributed by atoms with Gasteiger partial charge < -0.3 is 15.9 Å². The number of Topliss-reactive ketones (excluding diaryl/α,β-unsaturated/α-hetero) is 4. The standard InChI is InChI=1S/C25H22N2O7S/c1-10-17(35-9-27-10)5-3-11-2-4-15(28)19-14(11)7-12-6-13-8-16(29)20(24(26)33)23(32)25(13,34)22(31)18(12)21(19)30/h2-5,9,12-13,18,20,28,34H,6-8H2,1H3,(H2,26,33)/t12-,13+,18?,20?,25+/m1/s1. The van der Waals surface area contributed by atoms with E-state index in [4.69, 9.17) is 5.73 Å². The Labute approximate surface area is 203 Å². The van der Waals surface area contributed by atoms with Crippen LogP contribution in [0.4, 0.5) is 0 Å². The molecule has 1 aromatic carbocycles. The summed E-state index contributed by atoms with van der Waals surface area (Å²) < 4.78 is 0. The van der Waals surface area contributed by atoms with Gasteiger partial charge in [0.2, 0.25) is 5.91 Å². The topological polar surface area (TPSA) is 165 Å². The van der Waals surface area contributed by atoms with Crippen molar-refractivity contribution in [2.45, 2.75) is 31.8 Å². The summed E-state index contributed by atoms with van der Waals surface area (Å²) in [5.41, 5.74) is 6.37. The molecular weight excluding hydrogens is 472 g/mol. The van der Waals surface area contributed by atoms with E-state index in [2.05, 4.69) is 4.98 Å². The lowest BCUT2D eigenvalue weighted by Crippen LogP contribution is -2.68. The number of nitrogens with two attached hydrogens (primary N) is 1. The van der Waals surface area contributed by atoms with Crippen molar-refractivity contribution in [2.24, 2.45) is 29.4 Å². The number of rotatable bonds is 3. The number of hydrogen-bond acceptors (Lipinski definition) is 9. The maximum absolute atomic E-state index is 13.5. The molecule has 1 amide bonds. The zero-order valence-electron chi connectivity index (χ0n) is 18.7. The molecule has 2 aromatic rings. The van der Waals surface area contributed by atoms with Crippen LogP contribution in [0.5, 0.6) is 5.75 Å². The van der Waals surface area contributed by atoms with E-state index in [1.165, 1.54) is 17.4 Å². The Kier molecular flexibility index (Phi) is 5.33. The van der Waals surface area contributed by atoms with Crippen LogP contribution in [-0.4, -0.2) is 49.8 Å². The molecule has 0 spiro atoms. The van der Waals surface area contributed by atoms with E-state index in [1.54, 1.807) is 11.6 Å². The molecular formula is C25H22N2O7S. The van der Waals surface area contributed by atoms with E-state index in [0.29, 0.717) is 11.1 Å². The highest BCUT2D eigenvalue weighted by Crippen LogP contribution is 2.50. The number of carbonyl (C=O) groups is 5. The average molecular weight is 495 g/mol. The zero-order valence-corrected chi connectivity index (χ0v) is 19.5. The minimum atomic E-state index is -2.64. The predicted octanol–water partition coefficient (Wildman–Crippen LogP) is 1.26. The fourth-order valence-electron chi connectivity index (χ4n) is 5.78. The van der Waals surface area contributed by atoms with Crippen molar-refractivity contribution in [1.29, 1.82) is 0 Å². The van der Waals surface area contributed by atoms with Crippen LogP contribution in [-0.2, 0) is 25.6 Å². The Balaban J connectivity index is 1.56. The van der Waals surface area contributed by atoms with Gasteiger partial charge in [-0.2, -0.15) is 0 Å². The van der Waals surface area contributed by atoms with Crippen molar-refractivity contribution in [1.82, 2.24) is 4.98 Å². The molecule has 0 aliphatic heterocycles. The second-order valence-corrected chi connectivity index (χ2v) is 10.3. The molecule has 1 heterocycles. The lowest BCUT2D eigenvalue weighted by Gasteiger charge is -2.48. The highest BCUT2D eigenvalue weighted by Gasteiger charge is 2.66. The lowest BCUT2D eigenvalue weighted by molar-refractivity contribution is -0.175. The smallest absolute Gasteiger partial charge is 0.235 e. The number of fused-ring (bicyclic) bond motifs is 3. The number of thiazole rings is 1. The first kappa shape index (κ1) is 23.3. The van der Waals surface area contributed by atoms with Gasteiger partial charge in [0.25, 0.3) is 0 Å². The molecule has 3 aliphatic carbocycles. The number of aromatic nitrogens is 1. The van der Waals surface area contributed by atoms with Crippen molar-refractivity contribution < 1.29 is 34.2 Å². The van der Waals surface area contributed by atoms with Crippen molar-refractivity contribution in [3.8, 4) is 5.75 Å². The number of aliphatic hydroxyl groups is 1. The Morgan fingerprint density at radius 1 is 1.17 bits per heavy atom. The number of primary amides is 1. The van der Waals surface area contributed by atoms with Crippen molar-refractivity contribution >= 4 is 52.5 Å². The quantitative estimate of drug-likeness (QED) is 0.537. The van der Waals surface area contributed by atoms with Crippen LogP contribution in [0.3, 0.4) is 0 Å². The van der Waals surface area contributed by atoms with Crippen LogP contribution >= 0.6 is 11.3 Å². The van der Waals surface area contributed by atoms with Gasteiger partial charge in [-0.3, -0.25) is 24.0 Å². The number of hydrogen-bond donors (Lipinski definition) is 3. The van der Waals surface area contributed by atoms with Crippen molar-refractivity contribution in [3.05, 3.63) is 44.9 Å². The second kappa shape index (κ2) is 8.03. The molecule has 180 valence electrons. The maximum atomic E-state index is 13.5. The van der Waals surface area contributed by atoms with Crippen LogP contribution in [0.2, 0.25) is 0 Å². The van der Waals surface area contributed by atoms with Gasteiger partial charge in [0, 0.05) is 17.2 Å². The summed E-state index contributed by atoms with van der Waals surface area (Å²) in [6.07, 6.45) is 3.63. The van der Waals surface area contributed by atoms with Gasteiger partial charge in [-0.25, -0.2) is 4.98 Å². The van der Waals surface area contributed by atoms with Gasteiger partial charge in [-0.05, 0) is 49.0 Å². The summed E-state index contributed by atoms with van der Waals surface area (Å²) in [7, 11) is 0. The molecule has 0 bridgehead atoms. The predicted molar refractivity (Wildman–Crippen MR) is 124 cm³/mol. The van der Waals surface area contributed by atoms with Crippen LogP contribution in [0.25, 0.3) is 12.2 Å². The summed E-state index contributed by atoms with van der Waals surface area (Å²) in [6.45, 7) is 1.88. The molecule has 5 atom stereocenters. The molecule has 10 heteroatoms. The van der Waals surface area contributed by atoms with Crippen molar-refractivity contribution in [2.75, 3.05) is 0 Å². The van der Waals surface area contributed by atoms with Gasteiger partial charge in [-0.15, -0.1) is 11.3 Å². The number of carbonyl (C=O) groups excluding carboxylic acids is 5. The van der Waals surface area contributed by atoms with Gasteiger partial charge in [-0.1, -0.05) is 12.1 Å². The minimum Gasteiger partial charge on any atom is -0.507 e. The fraction of sp³-hybridized carbons (Fsp3) is 0.360. The lowest BCUT2D eigenvalue weighted by atomic mass is 9.53. The van der Waals surface area contributed by atoms with E-state index in [-0.39, 0.29) is 30.6 Å². The first-order valence-corrected chi connectivity index (χ1v) is 12.0. The van der Waals surface area contributed by atoms with Gasteiger partial charge in [0.15, 0.2) is 34.7 Å². The minimum absolute atomic E-state index is 0.0180. The highest BCUT2D eigenvalue weighted by molar-refractivity contribution is 7.10. The summed E-state index contributed by atoms with van der Waals surface area (Å²) in [4.78, 5) is 69.3. The first-order chi connectivity index (χ1) is 16.6. The third kappa shape index (κ3) is 3.31. The molecule has 5 rings (SSSR count). The number of aryl methyl sites for hydroxylation is 1. The number of phenolic OH excluding ortho intramolecular Hbond substituents is 1. The number of aromatic hydroxyl groups is 1. The molecule has 35 heavy (non-hydrogen) atoms. The van der Waals surface area contributed by atoms with E-state index in [9.17, 15) is 34.2 Å². The Morgan fingerprint density at radius 3 is 2.57 bits per heavy atom. The van der Waals surface area contributed by atoms with Crippen LogP contribution < -0.4 is 5.73 Å². The molecule has 1 aromatic heterocycles. The van der Waals surface area contributed by atoms with E-state index >= 15 is 0 Å². The molecule has 3 aliphatic rings. The summed E-state index contributed by atoms with van der Waals surface area (Å²) in [5, 5.41) is 21.7. The highest BCUT2D eigenvalue weighted by atomic mass is 32.1. The summed E-state index contributed by atoms with van der Waals surface area (Å²) in [5.74, 6) is -10.1. The van der Waals surface area contributed by atoms with Crippen LogP contribution in [0, 0.1) is 30.6 Å². The van der Waals surface area contributed by atoms with E-state index in [0.717, 1.165) is 10.6 Å². The Bertz CT molecular complexity index is 1360. The molecule has 4 N–H and O–H groups in total. The number of ketones is 4. The Hall–Kier alpha value is -3.50. The second-order valence-electron chi connectivity index (χ2n) is 9.40. The van der Waals surface area contributed by atoms with Gasteiger partial charge in [0.05, 0.1) is 22.7 Å². The van der Waals surface area contributed by atoms with E-state index < -0.39 is 58.3 Å². The average Bonchev–Trinajstić information content (AvgIpc) is 3.20. The first-order valence-electron chi connectivity index (χ1n) is 11.2. The van der Waals surface area contributed by atoms with Crippen LogP contribution in [0.1, 0.15) is 44.9 Å². The number of amides is 1. The fourth-order valence-corrected chi connectivity index (χ4v) is 6.48. The molecule has 2 fully saturated rings. The molecule has 0 saturated heterocycles. The Morgan fingerprint density at radius 2 is 1.91 bits per heavy atom. The molecule has 0 radical (unpaired) electrons. The SMILES string of the molecule is Cc1ncsc1C=Cc1ccc(O)c2c1C[C@H]1C[C@H]3CC(=O)C(C(N)=O)C(=O)[C@@]3(O)C(=O)C1C2=O. The van der Waals surface area contributed by atoms with E-state index in [1.807, 2.05) is 19.1 Å². The molecule has 9 nitrogen and oxygen atoms in total. The maximum Gasteiger partial charge on any atom is 0.235 e. The molecule has 2 saturated carbocycles. The van der Waals surface area contributed by atoms with Gasteiger partial charge in [0.1, 0.15) is 5.75 Å². The number of nitrogens with zero attached hydrogens (tertiary/aromatic N) is 1. The monoisotopic (exact) mass is 494 g/mol. The molecule has 2 unspecified atom stereocenters. The largest absolute Gasteiger partial charge is 0.507 e. The number of benzene rings is 1. The van der Waals surface area contributed by atoms with Crippen LogP contribution in [0.15, 0.2) is 17.6 Å². The zero-order chi connectivity index (χ0) is 25.2. The van der Waals surface area contributed by atoms with Gasteiger partial charge >= 0.3 is 0 Å². The normalized spacial score (nSPS) is 30.2. The number of phenols is 1. The third-order valence-electron chi connectivity index (χ3n) is 7.52. The summed E-state index contributed by atoms with van der Waals surface area (Å²) >= 11 is 1.46. The summed E-state index contributed by atoms with van der Waals surface area (Å²) in [6, 6.07) is 3.05.